The third-order valence-electron chi connectivity index (χ3n) is 5.07. The van der Waals surface area contributed by atoms with E-state index >= 15 is 0 Å². The molecule has 1 saturated carbocycles. The topological polar surface area (TPSA) is 114 Å². The second-order valence-corrected chi connectivity index (χ2v) is 10.7. The van der Waals surface area contributed by atoms with Crippen LogP contribution in [-0.2, 0) is 14.8 Å². The number of hydrogen-bond donors (Lipinski definition) is 2. The maximum absolute atomic E-state index is 12.8. The fourth-order valence-electron chi connectivity index (χ4n) is 3.53. The minimum absolute atomic E-state index is 0.0150. The average molecular weight is 464 g/mol. The number of benzene rings is 1. The maximum Gasteiger partial charge on any atom is 0.263 e. The Morgan fingerprint density at radius 2 is 1.93 bits per heavy atom. The second kappa shape index (κ2) is 8.40. The Kier molecular flexibility index (Phi) is 5.85. The van der Waals surface area contributed by atoms with E-state index in [0.29, 0.717) is 10.7 Å². The number of nitrogens with zero attached hydrogens (tertiary/aromatic N) is 3. The maximum atomic E-state index is 12.8. The summed E-state index contributed by atoms with van der Waals surface area (Å²) in [6.45, 7) is 3.59. The van der Waals surface area contributed by atoms with Gasteiger partial charge in [-0.15, -0.1) is 10.2 Å². The van der Waals surface area contributed by atoms with Crippen LogP contribution in [0, 0.1) is 19.8 Å². The summed E-state index contributed by atoms with van der Waals surface area (Å²) in [7, 11) is -3.81. The molecule has 1 fully saturated rings. The highest BCUT2D eigenvalue weighted by Gasteiger charge is 2.24. The van der Waals surface area contributed by atoms with Crippen LogP contribution in [0.5, 0.6) is 0 Å². The molecule has 0 unspecified atom stereocenters. The van der Waals surface area contributed by atoms with Crippen LogP contribution in [0.2, 0.25) is 0 Å². The Labute approximate surface area is 182 Å². The molecule has 1 aliphatic rings. The van der Waals surface area contributed by atoms with E-state index in [2.05, 4.69) is 25.2 Å². The number of rotatable bonds is 6. The number of hydrogen-bond acceptors (Lipinski definition) is 8. The van der Waals surface area contributed by atoms with Crippen molar-refractivity contribution in [3.05, 3.63) is 35.0 Å². The Bertz CT molecular complexity index is 1170. The highest BCUT2D eigenvalue weighted by molar-refractivity contribution is 7.93. The molecule has 1 amide bonds. The van der Waals surface area contributed by atoms with Crippen molar-refractivity contribution in [2.45, 2.75) is 44.4 Å². The van der Waals surface area contributed by atoms with Crippen molar-refractivity contribution < 1.29 is 13.2 Å². The molecule has 0 radical (unpaired) electrons. The van der Waals surface area contributed by atoms with Gasteiger partial charge in [0.15, 0.2) is 5.13 Å². The molecule has 30 heavy (non-hydrogen) atoms. The Morgan fingerprint density at radius 3 is 2.63 bits per heavy atom. The normalized spacial score (nSPS) is 14.7. The van der Waals surface area contributed by atoms with Gasteiger partial charge in [0.1, 0.15) is 5.51 Å². The second-order valence-electron chi connectivity index (χ2n) is 7.23. The third kappa shape index (κ3) is 4.37. The molecule has 0 spiro atoms. The monoisotopic (exact) mass is 463 g/mol. The lowest BCUT2D eigenvalue weighted by molar-refractivity contribution is -0.119. The summed E-state index contributed by atoms with van der Waals surface area (Å²) in [5, 5.41) is 11.1. The number of nitrogens with one attached hydrogen (secondary N) is 2. The summed E-state index contributed by atoms with van der Waals surface area (Å²) in [5.74, 6) is 0.0708. The predicted molar refractivity (Wildman–Crippen MR) is 118 cm³/mol. The number of amides is 1. The van der Waals surface area contributed by atoms with Crippen molar-refractivity contribution in [3.8, 4) is 10.4 Å². The molecule has 4 rings (SSSR count). The first-order valence-corrected chi connectivity index (χ1v) is 12.7. The van der Waals surface area contributed by atoms with Crippen LogP contribution in [0.1, 0.15) is 36.9 Å². The first-order valence-electron chi connectivity index (χ1n) is 9.52. The summed E-state index contributed by atoms with van der Waals surface area (Å²) in [5.41, 5.74) is 3.55. The molecule has 1 aliphatic carbocycles. The molecule has 2 heterocycles. The highest BCUT2D eigenvalue weighted by Crippen LogP contribution is 2.35. The lowest BCUT2D eigenvalue weighted by Crippen LogP contribution is -2.20. The van der Waals surface area contributed by atoms with Crippen molar-refractivity contribution in [1.82, 2.24) is 15.2 Å². The van der Waals surface area contributed by atoms with Crippen molar-refractivity contribution in [2.24, 2.45) is 5.92 Å². The van der Waals surface area contributed by atoms with E-state index in [1.165, 1.54) is 16.8 Å². The van der Waals surface area contributed by atoms with E-state index in [0.717, 1.165) is 53.2 Å². The van der Waals surface area contributed by atoms with Gasteiger partial charge in [0.25, 0.3) is 10.0 Å². The minimum Gasteiger partial charge on any atom is -0.302 e. The summed E-state index contributed by atoms with van der Waals surface area (Å²) in [4.78, 5) is 17.9. The lowest BCUT2D eigenvalue weighted by Gasteiger charge is -2.10. The van der Waals surface area contributed by atoms with E-state index in [1.54, 1.807) is 19.1 Å². The predicted octanol–water partition coefficient (Wildman–Crippen LogP) is 4.21. The van der Waals surface area contributed by atoms with Crippen LogP contribution in [-0.4, -0.2) is 29.5 Å². The molecular formula is C19H21N5O3S3. The first kappa shape index (κ1) is 20.9. The zero-order valence-electron chi connectivity index (χ0n) is 16.5. The van der Waals surface area contributed by atoms with E-state index in [-0.39, 0.29) is 21.9 Å². The van der Waals surface area contributed by atoms with Crippen molar-refractivity contribution in [1.29, 1.82) is 0 Å². The summed E-state index contributed by atoms with van der Waals surface area (Å²) >= 11 is 2.46. The number of aromatic nitrogens is 3. The first-order chi connectivity index (χ1) is 14.3. The lowest BCUT2D eigenvalue weighted by atomic mass is 10.1. The smallest absolute Gasteiger partial charge is 0.263 e. The molecule has 8 nitrogen and oxygen atoms in total. The number of carbonyl (C=O) groups excluding carboxylic acids is 1. The summed E-state index contributed by atoms with van der Waals surface area (Å²) in [6.07, 6.45) is 4.02. The summed E-state index contributed by atoms with van der Waals surface area (Å²) < 4.78 is 28.1. The number of aryl methyl sites for hydroxylation is 2. The fraction of sp³-hybridized carbons (Fsp3) is 0.368. The van der Waals surface area contributed by atoms with Crippen LogP contribution in [0.3, 0.4) is 0 Å². The largest absolute Gasteiger partial charge is 0.302 e. The zero-order chi connectivity index (χ0) is 21.3. The van der Waals surface area contributed by atoms with Crippen LogP contribution < -0.4 is 10.0 Å². The molecule has 0 bridgehead atoms. The van der Waals surface area contributed by atoms with Gasteiger partial charge in [-0.05, 0) is 43.9 Å². The molecule has 0 atom stereocenters. The van der Waals surface area contributed by atoms with Gasteiger partial charge >= 0.3 is 0 Å². The van der Waals surface area contributed by atoms with Crippen molar-refractivity contribution in [2.75, 3.05) is 10.0 Å². The number of carbonyl (C=O) groups is 1. The van der Waals surface area contributed by atoms with Gasteiger partial charge in [0.05, 0.1) is 15.5 Å². The third-order valence-corrected chi connectivity index (χ3v) is 8.41. The van der Waals surface area contributed by atoms with Gasteiger partial charge in [-0.3, -0.25) is 9.52 Å². The van der Waals surface area contributed by atoms with Crippen LogP contribution >= 0.6 is 22.7 Å². The average Bonchev–Trinajstić information content (AvgIpc) is 3.44. The molecule has 0 saturated heterocycles. The number of sulfonamides is 1. The van der Waals surface area contributed by atoms with Gasteiger partial charge in [0.2, 0.25) is 11.0 Å². The van der Waals surface area contributed by atoms with Crippen LogP contribution in [0.15, 0.2) is 28.6 Å². The molecule has 2 N–H and O–H groups in total. The fourth-order valence-corrected chi connectivity index (χ4v) is 6.46. The SMILES string of the molecule is Cc1ccc(-c2sc(NC(=O)C3CCCC3)nc2C)cc1S(=O)(=O)Nc1nncs1. The Balaban J connectivity index is 1.61. The standard InChI is InChI=1S/C19H21N5O3S3/c1-11-7-8-14(9-15(11)30(26,27)24-19-23-20-10-28-19)16-12(2)21-18(29-16)22-17(25)13-5-3-4-6-13/h7-10,13H,3-6H2,1-2H3,(H,23,24)(H,21,22,25). The van der Waals surface area contributed by atoms with Crippen LogP contribution in [0.4, 0.5) is 10.3 Å². The highest BCUT2D eigenvalue weighted by atomic mass is 32.2. The van der Waals surface area contributed by atoms with Gasteiger partial charge in [-0.1, -0.05) is 47.6 Å². The van der Waals surface area contributed by atoms with E-state index in [9.17, 15) is 13.2 Å². The zero-order valence-corrected chi connectivity index (χ0v) is 19.0. The van der Waals surface area contributed by atoms with E-state index in [4.69, 9.17) is 0 Å². The summed E-state index contributed by atoms with van der Waals surface area (Å²) in [6, 6.07) is 5.25. The molecular weight excluding hydrogens is 442 g/mol. The van der Waals surface area contributed by atoms with Gasteiger partial charge in [-0.25, -0.2) is 13.4 Å². The molecule has 2 aromatic heterocycles. The van der Waals surface area contributed by atoms with Gasteiger partial charge in [0, 0.05) is 5.92 Å². The Hall–Kier alpha value is -2.37. The molecule has 0 aliphatic heterocycles. The molecule has 1 aromatic carbocycles. The number of anilines is 2. The van der Waals surface area contributed by atoms with Crippen molar-refractivity contribution in [3.63, 3.8) is 0 Å². The molecule has 3 aromatic rings. The minimum atomic E-state index is -3.81. The quantitative estimate of drug-likeness (QED) is 0.566. The van der Waals surface area contributed by atoms with Crippen LogP contribution in [0.25, 0.3) is 10.4 Å². The number of thiazole rings is 1. The Morgan fingerprint density at radius 1 is 1.17 bits per heavy atom. The van der Waals surface area contributed by atoms with Gasteiger partial charge in [-0.2, -0.15) is 0 Å². The van der Waals surface area contributed by atoms with Gasteiger partial charge < -0.3 is 5.32 Å². The van der Waals surface area contributed by atoms with E-state index < -0.39 is 10.0 Å². The van der Waals surface area contributed by atoms with Crippen molar-refractivity contribution >= 4 is 48.9 Å². The molecule has 158 valence electrons. The van der Waals surface area contributed by atoms with E-state index in [1.807, 2.05) is 13.0 Å². The molecule has 11 heteroatoms.